The molecule has 0 aliphatic carbocycles. The van der Waals surface area contributed by atoms with Crippen LogP contribution in [0.25, 0.3) is 10.9 Å². The summed E-state index contributed by atoms with van der Waals surface area (Å²) in [4.78, 5) is 12.0. The lowest BCUT2D eigenvalue weighted by molar-refractivity contribution is -0.361. The maximum Gasteiger partial charge on any atom is 0.273 e. The van der Waals surface area contributed by atoms with Crippen LogP contribution >= 0.6 is 0 Å². The van der Waals surface area contributed by atoms with E-state index in [1.807, 2.05) is 68.6 Å². The number of aryl methyl sites for hydroxylation is 2. The van der Waals surface area contributed by atoms with Gasteiger partial charge < -0.3 is 5.11 Å². The summed E-state index contributed by atoms with van der Waals surface area (Å²) in [5.41, 5.74) is 4.32. The van der Waals surface area contributed by atoms with Crippen LogP contribution in [0.1, 0.15) is 28.4 Å². The van der Waals surface area contributed by atoms with Crippen molar-refractivity contribution in [2.24, 2.45) is 0 Å². The normalized spacial score (nSPS) is 12.1. The number of hydrogen-bond donors (Lipinski definition) is 2. The fourth-order valence-corrected chi connectivity index (χ4v) is 3.23. The zero-order valence-corrected chi connectivity index (χ0v) is 15.3. The quantitative estimate of drug-likeness (QED) is 0.580. The van der Waals surface area contributed by atoms with E-state index in [-0.39, 0.29) is 11.8 Å². The smallest absolute Gasteiger partial charge is 0.273 e. The first kappa shape index (κ1) is 17.0. The number of fused-ring (bicyclic) bond motifs is 1. The molecule has 0 saturated carbocycles. The Bertz CT molecular complexity index is 1100. The number of aromatic nitrogens is 3. The lowest BCUT2D eigenvalue weighted by Gasteiger charge is -2.17. The fraction of sp³-hybridized carbons (Fsp3) is 0.136. The summed E-state index contributed by atoms with van der Waals surface area (Å²) in [6, 6.07) is 15.5. The van der Waals surface area contributed by atoms with Gasteiger partial charge in [-0.3, -0.25) is 10.3 Å². The summed E-state index contributed by atoms with van der Waals surface area (Å²) in [5, 5.41) is 15.4. The van der Waals surface area contributed by atoms with E-state index >= 15 is 0 Å². The summed E-state index contributed by atoms with van der Waals surface area (Å²) in [6.07, 6.45) is 5.44. The molecule has 3 N–H and O–H groups in total. The van der Waals surface area contributed by atoms with Crippen molar-refractivity contribution < 1.29 is 10.1 Å². The van der Waals surface area contributed by atoms with Gasteiger partial charge in [0.2, 0.25) is 0 Å². The number of aromatic hydroxyl groups is 1. The number of benzene rings is 1. The van der Waals surface area contributed by atoms with Gasteiger partial charge in [-0.05, 0) is 43.7 Å². The zero-order valence-electron chi connectivity index (χ0n) is 15.3. The number of rotatable bonds is 4. The zero-order chi connectivity index (χ0) is 18.8. The van der Waals surface area contributed by atoms with E-state index in [1.54, 1.807) is 12.4 Å². The lowest BCUT2D eigenvalue weighted by Crippen LogP contribution is -2.19. The van der Waals surface area contributed by atoms with Crippen LogP contribution in [0.5, 0.6) is 5.75 Å². The molecule has 0 aliphatic rings. The average Bonchev–Trinajstić information content (AvgIpc) is 2.68. The van der Waals surface area contributed by atoms with Crippen LogP contribution in [-0.2, 0) is 0 Å². The van der Waals surface area contributed by atoms with Crippen LogP contribution in [0.4, 0.5) is 5.82 Å². The van der Waals surface area contributed by atoms with Gasteiger partial charge in [0.15, 0.2) is 0 Å². The van der Waals surface area contributed by atoms with Gasteiger partial charge in [0, 0.05) is 40.7 Å². The Kier molecular flexibility index (Phi) is 4.42. The monoisotopic (exact) mass is 357 g/mol. The summed E-state index contributed by atoms with van der Waals surface area (Å²) >= 11 is 0. The predicted octanol–water partition coefficient (Wildman–Crippen LogP) is 3.97. The topological polar surface area (TPSA) is 72.2 Å². The minimum Gasteiger partial charge on any atom is -0.505 e. The van der Waals surface area contributed by atoms with E-state index in [4.69, 9.17) is 0 Å². The number of phenolic OH excluding ortho intramolecular Hbond substituents is 1. The van der Waals surface area contributed by atoms with Crippen LogP contribution in [0.2, 0.25) is 0 Å². The van der Waals surface area contributed by atoms with Crippen molar-refractivity contribution in [2.75, 3.05) is 5.32 Å². The third-order valence-electron chi connectivity index (χ3n) is 4.59. The molecule has 4 aromatic rings. The maximum absolute atomic E-state index is 11.0. The van der Waals surface area contributed by atoms with Crippen molar-refractivity contribution in [1.29, 1.82) is 0 Å². The van der Waals surface area contributed by atoms with Crippen molar-refractivity contribution in [3.8, 4) is 5.75 Å². The number of aromatic amines is 1. The number of phenols is 1. The third-order valence-corrected chi connectivity index (χ3v) is 4.59. The molecule has 5 nitrogen and oxygen atoms in total. The van der Waals surface area contributed by atoms with Gasteiger partial charge in [-0.1, -0.05) is 18.2 Å². The van der Waals surface area contributed by atoms with Crippen LogP contribution in [0.3, 0.4) is 0 Å². The van der Waals surface area contributed by atoms with Crippen LogP contribution < -0.4 is 10.3 Å². The molecule has 0 radical (unpaired) electrons. The van der Waals surface area contributed by atoms with Crippen molar-refractivity contribution in [3.05, 3.63) is 89.5 Å². The molecule has 0 spiro atoms. The highest BCUT2D eigenvalue weighted by Gasteiger charge is 2.24. The molecule has 0 fully saturated rings. The number of hydrogen-bond acceptors (Lipinski definition) is 4. The third kappa shape index (κ3) is 3.44. The Balaban J connectivity index is 1.86. The molecule has 1 aromatic carbocycles. The molecule has 3 heterocycles. The first-order valence-electron chi connectivity index (χ1n) is 8.86. The van der Waals surface area contributed by atoms with Crippen molar-refractivity contribution >= 4 is 16.7 Å². The number of anilines is 1. The van der Waals surface area contributed by atoms with Crippen molar-refractivity contribution in [2.45, 2.75) is 19.9 Å². The van der Waals surface area contributed by atoms with E-state index in [2.05, 4.69) is 20.3 Å². The number of nitrogens with zero attached hydrogens (tertiary/aromatic N) is 2. The second-order valence-electron chi connectivity index (χ2n) is 6.67. The van der Waals surface area contributed by atoms with Crippen molar-refractivity contribution in [1.82, 2.24) is 9.97 Å². The van der Waals surface area contributed by atoms with Gasteiger partial charge in [0.1, 0.15) is 17.3 Å². The van der Waals surface area contributed by atoms with Gasteiger partial charge in [-0.25, -0.2) is 9.97 Å². The molecular weight excluding hydrogens is 336 g/mol. The molecule has 0 unspecified atom stereocenters. The van der Waals surface area contributed by atoms with Gasteiger partial charge in [0.05, 0.1) is 6.20 Å². The first-order chi connectivity index (χ1) is 13.1. The Labute approximate surface area is 157 Å². The minimum absolute atomic E-state index is 0.185. The van der Waals surface area contributed by atoms with Crippen LogP contribution in [0, 0.1) is 13.8 Å². The average molecular weight is 357 g/mol. The van der Waals surface area contributed by atoms with Crippen molar-refractivity contribution in [3.63, 3.8) is 0 Å². The predicted molar refractivity (Wildman–Crippen MR) is 106 cm³/mol. The van der Waals surface area contributed by atoms with E-state index < -0.39 is 0 Å². The Morgan fingerprint density at radius 2 is 1.93 bits per heavy atom. The Morgan fingerprint density at radius 1 is 1.07 bits per heavy atom. The summed E-state index contributed by atoms with van der Waals surface area (Å²) < 4.78 is 0. The highest BCUT2D eigenvalue weighted by Crippen LogP contribution is 2.36. The Morgan fingerprint density at radius 3 is 2.70 bits per heavy atom. The number of pyridine rings is 3. The van der Waals surface area contributed by atoms with E-state index in [1.165, 1.54) is 0 Å². The number of H-pyrrole nitrogens is 1. The largest absolute Gasteiger partial charge is 0.505 e. The molecule has 5 heteroatoms. The highest BCUT2D eigenvalue weighted by atomic mass is 16.3. The van der Waals surface area contributed by atoms with Gasteiger partial charge in [-0.2, -0.15) is 0 Å². The van der Waals surface area contributed by atoms with Gasteiger partial charge in [0.25, 0.3) is 5.82 Å². The van der Waals surface area contributed by atoms with E-state index in [0.717, 1.165) is 33.6 Å². The maximum atomic E-state index is 11.0. The second-order valence-corrected chi connectivity index (χ2v) is 6.67. The lowest BCUT2D eigenvalue weighted by atomic mass is 9.97. The second kappa shape index (κ2) is 7.03. The van der Waals surface area contributed by atoms with E-state index in [9.17, 15) is 5.11 Å². The summed E-state index contributed by atoms with van der Waals surface area (Å²) in [6.45, 7) is 3.96. The first-order valence-corrected chi connectivity index (χ1v) is 8.86. The molecule has 0 saturated heterocycles. The van der Waals surface area contributed by atoms with E-state index in [0.29, 0.717) is 5.52 Å². The van der Waals surface area contributed by atoms with Gasteiger partial charge in [-0.15, -0.1) is 0 Å². The molecule has 134 valence electrons. The molecule has 3 aromatic heterocycles. The molecular formula is C22H21N4O+. The molecule has 27 heavy (non-hydrogen) atoms. The molecule has 0 bridgehead atoms. The molecule has 1 atom stereocenters. The van der Waals surface area contributed by atoms with Gasteiger partial charge >= 0.3 is 0 Å². The molecule has 0 aliphatic heterocycles. The fourth-order valence-electron chi connectivity index (χ4n) is 3.23. The number of nitrogens with one attached hydrogen (secondary N) is 2. The molecule has 4 rings (SSSR count). The SMILES string of the molecule is Cc1cc[nH+]c(N[C@H](c2cccnc2)c2ccc3ccc(C)nc3c2O)c1. The standard InChI is InChI=1S/C22H20N4O/c1-14-9-11-24-19(12-14)26-20(17-4-3-10-23-13-17)18-8-7-16-6-5-15(2)25-21(16)22(18)27/h3-13,20,27H,1-2H3,(H,24,26)/p+1/t20-/m1/s1. The minimum atomic E-state index is -0.275. The van der Waals surface area contributed by atoms with Crippen LogP contribution in [-0.4, -0.2) is 15.1 Å². The molecule has 0 amide bonds. The van der Waals surface area contributed by atoms with Crippen LogP contribution in [0.15, 0.2) is 67.1 Å². The summed E-state index contributed by atoms with van der Waals surface area (Å²) in [7, 11) is 0. The summed E-state index contributed by atoms with van der Waals surface area (Å²) in [5.74, 6) is 1.05. The Hall–Kier alpha value is -3.47. The highest BCUT2D eigenvalue weighted by molar-refractivity contribution is 5.86.